The third-order valence-electron chi connectivity index (χ3n) is 4.12. The number of hydrogen-bond acceptors (Lipinski definition) is 4. The summed E-state index contributed by atoms with van der Waals surface area (Å²) in [5.41, 5.74) is 1.74. The molecule has 1 aliphatic heterocycles. The van der Waals surface area contributed by atoms with Crippen LogP contribution in [0, 0.1) is 0 Å². The highest BCUT2D eigenvalue weighted by atomic mass is 35.5. The number of carbonyl (C=O) groups excluding carboxylic acids is 1. The molecule has 2 aromatic heterocycles. The van der Waals surface area contributed by atoms with Gasteiger partial charge >= 0.3 is 0 Å². The second kappa shape index (κ2) is 6.86. The number of rotatable bonds is 4. The fraction of sp³-hybridized carbons (Fsp3) is 0.500. The predicted octanol–water partition coefficient (Wildman–Crippen LogP) is 1.40. The Bertz CT molecular complexity index is 694. The lowest BCUT2D eigenvalue weighted by Crippen LogP contribution is -2.44. The number of pyridine rings is 1. The number of likely N-dealkylation sites (N-methyl/N-ethyl adjacent to an activating group) is 1. The van der Waals surface area contributed by atoms with Gasteiger partial charge in [-0.15, -0.1) is 0 Å². The average Bonchev–Trinajstić information content (AvgIpc) is 2.88. The smallest absolute Gasteiger partial charge is 0.236 e. The third-order valence-corrected chi connectivity index (χ3v) is 4.34. The van der Waals surface area contributed by atoms with Crippen molar-refractivity contribution in [1.82, 2.24) is 19.2 Å². The molecule has 124 valence electrons. The molecule has 3 heterocycles. The van der Waals surface area contributed by atoms with Crippen molar-refractivity contribution in [1.29, 1.82) is 0 Å². The standard InChI is InChI=1S/C16H21ClN4O2/c1-19(11-16(23)20-6-4-14(22)5-7-20)9-13-10-21-8-12(17)2-3-15(21)18-13/h2-3,8,10,14,22H,4-7,9,11H2,1H3. The maximum absolute atomic E-state index is 12.3. The van der Waals surface area contributed by atoms with Crippen molar-refractivity contribution < 1.29 is 9.90 Å². The molecule has 3 rings (SSSR count). The largest absolute Gasteiger partial charge is 0.393 e. The first-order valence-corrected chi connectivity index (χ1v) is 8.16. The van der Waals surface area contributed by atoms with Crippen LogP contribution in [0.5, 0.6) is 0 Å². The molecule has 0 unspecified atom stereocenters. The van der Waals surface area contributed by atoms with E-state index < -0.39 is 0 Å². The van der Waals surface area contributed by atoms with E-state index >= 15 is 0 Å². The quantitative estimate of drug-likeness (QED) is 0.917. The molecule has 0 bridgehead atoms. The zero-order chi connectivity index (χ0) is 16.4. The van der Waals surface area contributed by atoms with Crippen LogP contribution in [0.1, 0.15) is 18.5 Å². The minimum Gasteiger partial charge on any atom is -0.393 e. The Morgan fingerprint density at radius 1 is 1.39 bits per heavy atom. The average molecular weight is 337 g/mol. The molecule has 2 aromatic rings. The third kappa shape index (κ3) is 4.02. The molecule has 0 radical (unpaired) electrons. The molecular weight excluding hydrogens is 316 g/mol. The van der Waals surface area contributed by atoms with Gasteiger partial charge in [-0.1, -0.05) is 11.6 Å². The Labute approximate surface area is 140 Å². The monoisotopic (exact) mass is 336 g/mol. The van der Waals surface area contributed by atoms with E-state index in [1.54, 1.807) is 0 Å². The SMILES string of the molecule is CN(CC(=O)N1CCC(O)CC1)Cc1cn2cc(Cl)ccc2n1. The lowest BCUT2D eigenvalue weighted by atomic mass is 10.1. The summed E-state index contributed by atoms with van der Waals surface area (Å²) in [6.07, 6.45) is 4.82. The topological polar surface area (TPSA) is 61.1 Å². The van der Waals surface area contributed by atoms with Crippen molar-refractivity contribution in [2.45, 2.75) is 25.5 Å². The Morgan fingerprint density at radius 3 is 2.87 bits per heavy atom. The lowest BCUT2D eigenvalue weighted by molar-refractivity contribution is -0.134. The fourth-order valence-corrected chi connectivity index (χ4v) is 3.04. The first kappa shape index (κ1) is 16.2. The van der Waals surface area contributed by atoms with Gasteiger partial charge < -0.3 is 14.4 Å². The van der Waals surface area contributed by atoms with Crippen LogP contribution in [0.2, 0.25) is 5.02 Å². The minimum absolute atomic E-state index is 0.103. The molecule has 0 aromatic carbocycles. The summed E-state index contributed by atoms with van der Waals surface area (Å²) in [6.45, 7) is 2.23. The zero-order valence-electron chi connectivity index (χ0n) is 13.2. The second-order valence-corrected chi connectivity index (χ2v) is 6.57. The van der Waals surface area contributed by atoms with Crippen LogP contribution in [0.3, 0.4) is 0 Å². The van der Waals surface area contributed by atoms with Crippen LogP contribution in [-0.2, 0) is 11.3 Å². The number of amides is 1. The molecule has 1 fully saturated rings. The van der Waals surface area contributed by atoms with E-state index in [0.29, 0.717) is 44.0 Å². The molecule has 1 aliphatic rings. The van der Waals surface area contributed by atoms with Crippen molar-refractivity contribution in [2.75, 3.05) is 26.7 Å². The highest BCUT2D eigenvalue weighted by Gasteiger charge is 2.22. The first-order valence-electron chi connectivity index (χ1n) is 7.79. The van der Waals surface area contributed by atoms with Gasteiger partial charge in [-0.2, -0.15) is 0 Å². The van der Waals surface area contributed by atoms with Crippen LogP contribution < -0.4 is 0 Å². The van der Waals surface area contributed by atoms with Crippen LogP contribution in [0.4, 0.5) is 0 Å². The number of aliphatic hydroxyl groups excluding tert-OH is 1. The number of nitrogens with zero attached hydrogens (tertiary/aromatic N) is 4. The van der Waals surface area contributed by atoms with Gasteiger partial charge in [-0.05, 0) is 32.0 Å². The van der Waals surface area contributed by atoms with Gasteiger partial charge in [-0.3, -0.25) is 9.69 Å². The minimum atomic E-state index is -0.262. The summed E-state index contributed by atoms with van der Waals surface area (Å²) < 4.78 is 1.89. The molecule has 0 atom stereocenters. The van der Waals surface area contributed by atoms with E-state index in [0.717, 1.165) is 11.3 Å². The van der Waals surface area contributed by atoms with Crippen LogP contribution in [0.15, 0.2) is 24.5 Å². The van der Waals surface area contributed by atoms with Crippen molar-refractivity contribution in [3.05, 3.63) is 35.2 Å². The van der Waals surface area contributed by atoms with Crippen molar-refractivity contribution >= 4 is 23.2 Å². The lowest BCUT2D eigenvalue weighted by Gasteiger charge is -2.30. The molecule has 6 nitrogen and oxygen atoms in total. The van der Waals surface area contributed by atoms with Gasteiger partial charge in [0.05, 0.1) is 23.4 Å². The second-order valence-electron chi connectivity index (χ2n) is 6.13. The van der Waals surface area contributed by atoms with Crippen LogP contribution >= 0.6 is 11.6 Å². The van der Waals surface area contributed by atoms with Gasteiger partial charge in [0.1, 0.15) is 5.65 Å². The van der Waals surface area contributed by atoms with E-state index in [-0.39, 0.29) is 12.0 Å². The summed E-state index contributed by atoms with van der Waals surface area (Å²) in [7, 11) is 1.91. The van der Waals surface area contributed by atoms with Gasteiger partial charge in [0.2, 0.25) is 5.91 Å². The Hall–Kier alpha value is -1.63. The zero-order valence-corrected chi connectivity index (χ0v) is 13.9. The molecule has 0 saturated carbocycles. The number of hydrogen-bond donors (Lipinski definition) is 1. The highest BCUT2D eigenvalue weighted by Crippen LogP contribution is 2.13. The van der Waals surface area contributed by atoms with E-state index in [1.165, 1.54) is 0 Å². The molecule has 1 saturated heterocycles. The number of imidazole rings is 1. The predicted molar refractivity (Wildman–Crippen MR) is 88.4 cm³/mol. The van der Waals surface area contributed by atoms with Crippen LogP contribution in [-0.4, -0.2) is 63.0 Å². The normalized spacial score (nSPS) is 16.4. The number of halogens is 1. The Kier molecular flexibility index (Phi) is 4.84. The molecular formula is C16H21ClN4O2. The summed E-state index contributed by atoms with van der Waals surface area (Å²) in [5.74, 6) is 0.103. The number of likely N-dealkylation sites (tertiary alicyclic amines) is 1. The van der Waals surface area contributed by atoms with Gasteiger partial charge in [-0.25, -0.2) is 4.98 Å². The van der Waals surface area contributed by atoms with Crippen LogP contribution in [0.25, 0.3) is 5.65 Å². The maximum atomic E-state index is 12.3. The number of fused-ring (bicyclic) bond motifs is 1. The molecule has 1 amide bonds. The molecule has 1 N–H and O–H groups in total. The van der Waals surface area contributed by atoms with Crippen molar-refractivity contribution in [3.8, 4) is 0 Å². The molecule has 0 aliphatic carbocycles. The van der Waals surface area contributed by atoms with E-state index in [4.69, 9.17) is 11.6 Å². The van der Waals surface area contributed by atoms with Gasteiger partial charge in [0.25, 0.3) is 0 Å². The van der Waals surface area contributed by atoms with Gasteiger partial charge in [0.15, 0.2) is 0 Å². The van der Waals surface area contributed by atoms with Crippen molar-refractivity contribution in [2.24, 2.45) is 0 Å². The summed E-state index contributed by atoms with van der Waals surface area (Å²) in [6, 6.07) is 3.68. The maximum Gasteiger partial charge on any atom is 0.236 e. The van der Waals surface area contributed by atoms with Crippen molar-refractivity contribution in [3.63, 3.8) is 0 Å². The summed E-state index contributed by atoms with van der Waals surface area (Å²) in [5, 5.41) is 10.2. The number of aromatic nitrogens is 2. The molecule has 7 heteroatoms. The molecule has 23 heavy (non-hydrogen) atoms. The Morgan fingerprint density at radius 2 is 2.13 bits per heavy atom. The summed E-state index contributed by atoms with van der Waals surface area (Å²) in [4.78, 5) is 20.6. The summed E-state index contributed by atoms with van der Waals surface area (Å²) >= 11 is 5.97. The van der Waals surface area contributed by atoms with E-state index in [1.807, 2.05) is 45.8 Å². The Balaban J connectivity index is 1.57. The fourth-order valence-electron chi connectivity index (χ4n) is 2.87. The van der Waals surface area contributed by atoms with E-state index in [2.05, 4.69) is 4.98 Å². The van der Waals surface area contributed by atoms with E-state index in [9.17, 15) is 9.90 Å². The van der Waals surface area contributed by atoms with Gasteiger partial charge in [0, 0.05) is 32.0 Å². The number of carbonyl (C=O) groups is 1. The molecule has 0 spiro atoms. The number of aliphatic hydroxyl groups is 1. The first-order chi connectivity index (χ1) is 11.0. The highest BCUT2D eigenvalue weighted by molar-refractivity contribution is 6.30. The number of piperidine rings is 1.